The van der Waals surface area contributed by atoms with E-state index in [1.165, 1.54) is 32.3 Å². The molecule has 0 radical (unpaired) electrons. The minimum absolute atomic E-state index is 0.0783. The molecule has 0 aromatic rings. The number of rotatable bonds is 11. The zero-order valence-corrected chi connectivity index (χ0v) is 32.9. The first kappa shape index (κ1) is 42.0. The molecule has 51 heavy (non-hydrogen) atoms. The lowest BCUT2D eigenvalue weighted by Crippen LogP contribution is -2.64. The fraction of sp³-hybridized carbons (Fsp3) is 0.795. The van der Waals surface area contributed by atoms with E-state index in [1.807, 2.05) is 41.5 Å². The van der Waals surface area contributed by atoms with Crippen LogP contribution in [-0.2, 0) is 24.0 Å². The van der Waals surface area contributed by atoms with Crippen LogP contribution in [0.4, 0.5) is 4.79 Å². The molecule has 0 aromatic carbocycles. The number of hydrogen-bond donors (Lipinski definition) is 4. The molecule has 0 spiro atoms. The van der Waals surface area contributed by atoms with Gasteiger partial charge in [0.1, 0.15) is 12.1 Å². The Morgan fingerprint density at radius 1 is 0.922 bits per heavy atom. The summed E-state index contributed by atoms with van der Waals surface area (Å²) in [5, 5.41) is 11.1. The maximum Gasteiger partial charge on any atom is 0.315 e. The van der Waals surface area contributed by atoms with Crippen LogP contribution < -0.4 is 21.3 Å². The van der Waals surface area contributed by atoms with Crippen LogP contribution in [-0.4, -0.2) is 95.6 Å². The van der Waals surface area contributed by atoms with Crippen LogP contribution >= 0.6 is 0 Å². The van der Waals surface area contributed by atoms with Gasteiger partial charge in [0, 0.05) is 32.6 Å². The molecule has 3 unspecified atom stereocenters. The standard InChI is InChI=1S/C34H56N6O6.C5H10/c1-11-16-35-29(44)26(42)20(2)36-28(43)25-24-21(34(24,9)10)15-18-40(25)30(45)27(33(6,7)8)38-31(46)37-22(32(3,4)5)19-39-17-13-12-14-23(39)41;1-5-3-2-4-5/h11,20-22,24-25,27H,1,12-19H2,2-10H3,(H,35,44)(H,36,43)(H2,37,38,46);5H,2-4H2,1H3/t20?,21?,22-,24?,25+,27-;/m1./s1. The number of hydrogen-bond acceptors (Lipinski definition) is 6. The van der Waals surface area contributed by atoms with Crippen LogP contribution in [0.3, 0.4) is 0 Å². The summed E-state index contributed by atoms with van der Waals surface area (Å²) < 4.78 is 0. The van der Waals surface area contributed by atoms with Gasteiger partial charge in [0.25, 0.3) is 5.91 Å². The number of nitrogens with zero attached hydrogens (tertiary/aromatic N) is 2. The van der Waals surface area contributed by atoms with Gasteiger partial charge < -0.3 is 31.1 Å². The smallest absolute Gasteiger partial charge is 0.315 e. The first-order valence-electron chi connectivity index (χ1n) is 19.0. The van der Waals surface area contributed by atoms with E-state index in [0.29, 0.717) is 32.5 Å². The summed E-state index contributed by atoms with van der Waals surface area (Å²) in [4.78, 5) is 82.5. The largest absolute Gasteiger partial charge is 0.346 e. The lowest BCUT2D eigenvalue weighted by Gasteiger charge is -2.41. The molecular weight excluding hydrogens is 648 g/mol. The van der Waals surface area contributed by atoms with Gasteiger partial charge in [0.15, 0.2) is 0 Å². The van der Waals surface area contributed by atoms with E-state index in [2.05, 4.69) is 48.6 Å². The van der Waals surface area contributed by atoms with Gasteiger partial charge in [0.05, 0.1) is 12.1 Å². The lowest BCUT2D eigenvalue weighted by atomic mass is 9.84. The van der Waals surface area contributed by atoms with Crippen molar-refractivity contribution in [3.8, 4) is 0 Å². The maximum atomic E-state index is 14.4. The van der Waals surface area contributed by atoms with Gasteiger partial charge >= 0.3 is 6.03 Å². The fourth-order valence-electron chi connectivity index (χ4n) is 7.51. The number of amides is 6. The van der Waals surface area contributed by atoms with Crippen LogP contribution in [0, 0.1) is 34.0 Å². The zero-order valence-electron chi connectivity index (χ0n) is 32.9. The molecule has 2 saturated heterocycles. The van der Waals surface area contributed by atoms with E-state index in [4.69, 9.17) is 0 Å². The van der Waals surface area contributed by atoms with Crippen molar-refractivity contribution >= 4 is 35.4 Å². The third-order valence-corrected chi connectivity index (χ3v) is 11.4. The third kappa shape index (κ3) is 10.8. The Kier molecular flexibility index (Phi) is 13.9. The highest BCUT2D eigenvalue weighted by atomic mass is 16.2. The van der Waals surface area contributed by atoms with E-state index in [-0.39, 0.29) is 47.1 Å². The van der Waals surface area contributed by atoms with Gasteiger partial charge in [-0.25, -0.2) is 4.79 Å². The molecule has 6 amide bonds. The van der Waals surface area contributed by atoms with E-state index in [9.17, 15) is 28.8 Å². The first-order chi connectivity index (χ1) is 23.6. The molecule has 12 nitrogen and oxygen atoms in total. The first-order valence-corrected chi connectivity index (χ1v) is 19.0. The second-order valence-electron chi connectivity index (χ2n) is 18.0. The minimum atomic E-state index is -1.10. The Balaban J connectivity index is 0.00000129. The van der Waals surface area contributed by atoms with Crippen LogP contribution in [0.2, 0.25) is 0 Å². The molecule has 4 N–H and O–H groups in total. The number of urea groups is 1. The van der Waals surface area contributed by atoms with Crippen LogP contribution in [0.5, 0.6) is 0 Å². The number of Topliss-reactive ketones (excluding diaryl/α,β-unsaturated/α-hetero) is 1. The monoisotopic (exact) mass is 715 g/mol. The SMILES string of the molecule is C=CCNC(=O)C(=O)C(C)NC(=O)[C@@H]1C2C(CCN1C(=O)[C@@H](NC(=O)N[C@H](CN1CCCCC1=O)C(C)(C)C)C(C)(C)C)C2(C)C.CC1CCC1. The van der Waals surface area contributed by atoms with Crippen LogP contribution in [0.1, 0.15) is 114 Å². The highest BCUT2D eigenvalue weighted by molar-refractivity contribution is 6.38. The summed E-state index contributed by atoms with van der Waals surface area (Å²) in [6.07, 6.45) is 8.92. The molecule has 12 heteroatoms. The van der Waals surface area contributed by atoms with Crippen LogP contribution in [0.25, 0.3) is 0 Å². The highest BCUT2D eigenvalue weighted by Crippen LogP contribution is 2.64. The molecule has 0 aromatic heterocycles. The average Bonchev–Trinajstić information content (AvgIpc) is 3.60. The minimum Gasteiger partial charge on any atom is -0.346 e. The summed E-state index contributed by atoms with van der Waals surface area (Å²) in [6.45, 7) is 24.4. The Morgan fingerprint density at radius 2 is 1.55 bits per heavy atom. The average molecular weight is 715 g/mol. The number of nitrogens with one attached hydrogen (secondary N) is 4. The molecule has 2 saturated carbocycles. The maximum absolute atomic E-state index is 14.4. The van der Waals surface area contributed by atoms with Gasteiger partial charge in [-0.05, 0) is 60.2 Å². The normalized spacial score (nSPS) is 24.6. The Labute approximate surface area is 306 Å². The van der Waals surface area contributed by atoms with E-state index >= 15 is 0 Å². The van der Waals surface area contributed by atoms with Gasteiger partial charge in [-0.3, -0.25) is 24.0 Å². The number of carbonyl (C=O) groups is 6. The molecule has 2 heterocycles. The summed E-state index contributed by atoms with van der Waals surface area (Å²) >= 11 is 0. The van der Waals surface area contributed by atoms with Gasteiger partial charge in [0.2, 0.25) is 23.5 Å². The molecule has 6 atom stereocenters. The Morgan fingerprint density at radius 3 is 2.06 bits per heavy atom. The number of fused-ring (bicyclic) bond motifs is 1. The van der Waals surface area contributed by atoms with E-state index < -0.39 is 47.2 Å². The third-order valence-electron chi connectivity index (χ3n) is 11.4. The molecule has 288 valence electrons. The van der Waals surface area contributed by atoms with Gasteiger partial charge in [-0.2, -0.15) is 0 Å². The number of likely N-dealkylation sites (tertiary alicyclic amines) is 2. The van der Waals surface area contributed by atoms with Crippen molar-refractivity contribution in [2.24, 2.45) is 34.0 Å². The summed E-state index contributed by atoms with van der Waals surface area (Å²) in [6, 6.07) is -3.82. The summed E-state index contributed by atoms with van der Waals surface area (Å²) in [5.41, 5.74) is -1.27. The number of piperidine rings is 2. The van der Waals surface area contributed by atoms with Gasteiger partial charge in [-0.15, -0.1) is 6.58 Å². The van der Waals surface area contributed by atoms with Gasteiger partial charge in [-0.1, -0.05) is 87.7 Å². The topological polar surface area (TPSA) is 157 Å². The van der Waals surface area contributed by atoms with Crippen molar-refractivity contribution in [1.29, 1.82) is 0 Å². The molecule has 2 aliphatic carbocycles. The number of ketones is 1. The van der Waals surface area contributed by atoms with Crippen molar-refractivity contribution in [3.05, 3.63) is 12.7 Å². The number of carbonyl (C=O) groups excluding carboxylic acids is 6. The van der Waals surface area contributed by atoms with Crippen molar-refractivity contribution in [1.82, 2.24) is 31.1 Å². The van der Waals surface area contributed by atoms with E-state index in [1.54, 1.807) is 9.80 Å². The quantitative estimate of drug-likeness (QED) is 0.186. The van der Waals surface area contributed by atoms with Crippen LogP contribution in [0.15, 0.2) is 12.7 Å². The predicted octanol–water partition coefficient (Wildman–Crippen LogP) is 4.18. The molecule has 4 fully saturated rings. The van der Waals surface area contributed by atoms with Crippen molar-refractivity contribution < 1.29 is 28.8 Å². The molecule has 2 aliphatic heterocycles. The zero-order chi connectivity index (χ0) is 38.5. The van der Waals surface area contributed by atoms with Crippen molar-refractivity contribution in [2.45, 2.75) is 138 Å². The van der Waals surface area contributed by atoms with Crippen molar-refractivity contribution in [3.63, 3.8) is 0 Å². The molecule has 0 bridgehead atoms. The Bertz CT molecular complexity index is 1310. The second-order valence-corrected chi connectivity index (χ2v) is 18.0. The molecular formula is C39H66N6O6. The summed E-state index contributed by atoms with van der Waals surface area (Å²) in [7, 11) is 0. The fourth-order valence-corrected chi connectivity index (χ4v) is 7.51. The molecule has 4 rings (SSSR count). The second kappa shape index (κ2) is 16.9. The lowest BCUT2D eigenvalue weighted by molar-refractivity contribution is -0.147. The predicted molar refractivity (Wildman–Crippen MR) is 198 cm³/mol. The molecule has 4 aliphatic rings. The Hall–Kier alpha value is -3.44. The van der Waals surface area contributed by atoms with Crippen molar-refractivity contribution in [2.75, 3.05) is 26.2 Å². The highest BCUT2D eigenvalue weighted by Gasteiger charge is 2.66. The van der Waals surface area contributed by atoms with E-state index in [0.717, 1.165) is 18.8 Å². The summed E-state index contributed by atoms with van der Waals surface area (Å²) in [5.74, 6) is -1.26.